The number of nitrogens with one attached hydrogen (secondary N) is 1. The number of hydrogen-bond acceptors (Lipinski definition) is 7. The van der Waals surface area contributed by atoms with Crippen molar-refractivity contribution in [3.05, 3.63) is 57.0 Å². The summed E-state index contributed by atoms with van der Waals surface area (Å²) in [6, 6.07) is 11.1. The lowest BCUT2D eigenvalue weighted by Crippen LogP contribution is -2.41. The molecule has 32 heavy (non-hydrogen) atoms. The zero-order valence-electron chi connectivity index (χ0n) is 17.6. The van der Waals surface area contributed by atoms with Crippen LogP contribution in [0.3, 0.4) is 0 Å². The largest absolute Gasteiger partial charge is 0.350 e. The normalized spacial score (nSPS) is 11.2. The van der Waals surface area contributed by atoms with Gasteiger partial charge in [0.05, 0.1) is 29.7 Å². The maximum absolute atomic E-state index is 12.8. The Bertz CT molecular complexity index is 1330. The van der Waals surface area contributed by atoms with Gasteiger partial charge in [0.15, 0.2) is 5.16 Å². The highest BCUT2D eigenvalue weighted by atomic mass is 32.2. The number of carbonyl (C=O) groups excluding carboxylic acids is 2. The van der Waals surface area contributed by atoms with Crippen molar-refractivity contribution in [1.82, 2.24) is 29.4 Å². The lowest BCUT2D eigenvalue weighted by Gasteiger charge is -2.20. The van der Waals surface area contributed by atoms with Crippen LogP contribution in [0.1, 0.15) is 11.8 Å². The van der Waals surface area contributed by atoms with Crippen molar-refractivity contribution in [3.63, 3.8) is 0 Å². The molecule has 0 unspecified atom stereocenters. The molecule has 0 saturated heterocycles. The zero-order valence-corrected chi connectivity index (χ0v) is 19.3. The monoisotopic (exact) mass is 470 g/mol. The number of amides is 2. The molecule has 2 amide bonds. The Kier molecular flexibility index (Phi) is 6.56. The molecule has 0 radical (unpaired) electrons. The first-order valence-electron chi connectivity index (χ1n) is 10.0. The SMILES string of the molecule is CCN(CC(=O)NCc1cccs1)C(=O)CSc1nnc2n(C)c(=O)c3ccccc3n12. The first kappa shape index (κ1) is 22.0. The van der Waals surface area contributed by atoms with E-state index in [4.69, 9.17) is 0 Å². The van der Waals surface area contributed by atoms with Crippen molar-refractivity contribution in [2.45, 2.75) is 18.6 Å². The Labute approximate surface area is 192 Å². The maximum atomic E-state index is 12.8. The molecule has 11 heteroatoms. The molecule has 0 aliphatic rings. The van der Waals surface area contributed by atoms with Crippen LogP contribution in [0, 0.1) is 0 Å². The third-order valence-electron chi connectivity index (χ3n) is 5.03. The molecular weight excluding hydrogens is 448 g/mol. The summed E-state index contributed by atoms with van der Waals surface area (Å²) in [5.74, 6) is 0.135. The van der Waals surface area contributed by atoms with Gasteiger partial charge in [-0.1, -0.05) is 30.0 Å². The molecule has 0 saturated carbocycles. The molecular formula is C21H22N6O3S2. The molecule has 0 spiro atoms. The molecule has 166 valence electrons. The van der Waals surface area contributed by atoms with E-state index in [1.54, 1.807) is 34.9 Å². The molecule has 9 nitrogen and oxygen atoms in total. The highest BCUT2D eigenvalue weighted by Crippen LogP contribution is 2.21. The van der Waals surface area contributed by atoms with Gasteiger partial charge in [-0.3, -0.25) is 23.4 Å². The van der Waals surface area contributed by atoms with Crippen LogP contribution < -0.4 is 10.9 Å². The molecule has 1 aromatic carbocycles. The van der Waals surface area contributed by atoms with E-state index in [1.165, 1.54) is 21.2 Å². The summed E-state index contributed by atoms with van der Waals surface area (Å²) in [5.41, 5.74) is 0.532. The highest BCUT2D eigenvalue weighted by molar-refractivity contribution is 7.99. The van der Waals surface area contributed by atoms with Crippen molar-refractivity contribution in [2.24, 2.45) is 7.05 Å². The summed E-state index contributed by atoms with van der Waals surface area (Å²) in [4.78, 5) is 40.2. The van der Waals surface area contributed by atoms with Crippen molar-refractivity contribution in [1.29, 1.82) is 0 Å². The Morgan fingerprint density at radius 3 is 2.75 bits per heavy atom. The average molecular weight is 471 g/mol. The Balaban J connectivity index is 1.46. The van der Waals surface area contributed by atoms with Crippen LogP contribution in [0.5, 0.6) is 0 Å². The summed E-state index contributed by atoms with van der Waals surface area (Å²) < 4.78 is 3.22. The number of thioether (sulfide) groups is 1. The molecule has 0 aliphatic heterocycles. The predicted molar refractivity (Wildman–Crippen MR) is 125 cm³/mol. The summed E-state index contributed by atoms with van der Waals surface area (Å²) in [6.45, 7) is 2.71. The Morgan fingerprint density at radius 1 is 1.19 bits per heavy atom. The minimum absolute atomic E-state index is 0.000712. The summed E-state index contributed by atoms with van der Waals surface area (Å²) in [6.07, 6.45) is 0. The Morgan fingerprint density at radius 2 is 2.00 bits per heavy atom. The number of aryl methyl sites for hydroxylation is 1. The number of fused-ring (bicyclic) bond motifs is 3. The first-order valence-corrected chi connectivity index (χ1v) is 11.9. The fourth-order valence-electron chi connectivity index (χ4n) is 3.33. The number of para-hydroxylation sites is 1. The number of rotatable bonds is 8. The van der Waals surface area contributed by atoms with Gasteiger partial charge in [0.1, 0.15) is 0 Å². The standard InChI is InChI=1S/C21H22N6O3S2/c1-3-26(12-17(28)22-11-14-7-6-10-31-14)18(29)13-32-21-24-23-20-25(2)19(30)15-8-4-5-9-16(15)27(20)21/h4-10H,3,11-13H2,1-2H3,(H,22,28). The van der Waals surface area contributed by atoms with Gasteiger partial charge in [0.2, 0.25) is 17.6 Å². The molecule has 1 N–H and O–H groups in total. The first-order chi connectivity index (χ1) is 15.5. The van der Waals surface area contributed by atoms with Crippen LogP contribution in [0.25, 0.3) is 16.7 Å². The number of benzene rings is 1. The number of hydrogen-bond donors (Lipinski definition) is 1. The summed E-state index contributed by atoms with van der Waals surface area (Å²) >= 11 is 2.80. The molecule has 0 aliphatic carbocycles. The van der Waals surface area contributed by atoms with Crippen molar-refractivity contribution >= 4 is 51.6 Å². The molecule has 4 rings (SSSR count). The highest BCUT2D eigenvalue weighted by Gasteiger charge is 2.19. The summed E-state index contributed by atoms with van der Waals surface area (Å²) in [5, 5.41) is 14.2. The van der Waals surface area contributed by atoms with Crippen LogP contribution in [0.15, 0.2) is 51.7 Å². The second-order valence-electron chi connectivity index (χ2n) is 7.05. The fourth-order valence-corrected chi connectivity index (χ4v) is 4.81. The van der Waals surface area contributed by atoms with E-state index < -0.39 is 0 Å². The van der Waals surface area contributed by atoms with Crippen LogP contribution in [0.4, 0.5) is 0 Å². The van der Waals surface area contributed by atoms with Gasteiger partial charge in [-0.2, -0.15) is 0 Å². The molecule has 0 bridgehead atoms. The maximum Gasteiger partial charge on any atom is 0.262 e. The van der Waals surface area contributed by atoms with Gasteiger partial charge >= 0.3 is 0 Å². The Hall–Kier alpha value is -3.18. The van der Waals surface area contributed by atoms with E-state index in [2.05, 4.69) is 15.5 Å². The van der Waals surface area contributed by atoms with Crippen molar-refractivity contribution in [2.75, 3.05) is 18.8 Å². The topological polar surface area (TPSA) is 102 Å². The van der Waals surface area contributed by atoms with E-state index in [9.17, 15) is 14.4 Å². The van der Waals surface area contributed by atoms with Crippen LogP contribution >= 0.6 is 23.1 Å². The number of carbonyl (C=O) groups is 2. The van der Waals surface area contributed by atoms with Crippen LogP contribution in [-0.2, 0) is 23.2 Å². The third kappa shape index (κ3) is 4.39. The van der Waals surface area contributed by atoms with E-state index in [0.29, 0.717) is 34.9 Å². The van der Waals surface area contributed by atoms with E-state index >= 15 is 0 Å². The van der Waals surface area contributed by atoms with Gasteiger partial charge in [-0.25, -0.2) is 0 Å². The van der Waals surface area contributed by atoms with Crippen LogP contribution in [0.2, 0.25) is 0 Å². The lowest BCUT2D eigenvalue weighted by atomic mass is 10.2. The molecule has 0 atom stereocenters. The fraction of sp³-hybridized carbons (Fsp3) is 0.286. The van der Waals surface area contributed by atoms with E-state index in [0.717, 1.165) is 4.88 Å². The van der Waals surface area contributed by atoms with Crippen LogP contribution in [-0.4, -0.2) is 54.7 Å². The minimum Gasteiger partial charge on any atom is -0.350 e. The van der Waals surface area contributed by atoms with E-state index in [1.807, 2.05) is 36.6 Å². The van der Waals surface area contributed by atoms with Gasteiger partial charge in [-0.05, 0) is 30.5 Å². The zero-order chi connectivity index (χ0) is 22.7. The smallest absolute Gasteiger partial charge is 0.262 e. The third-order valence-corrected chi connectivity index (χ3v) is 6.82. The minimum atomic E-state index is -0.201. The van der Waals surface area contributed by atoms with Crippen molar-refractivity contribution < 1.29 is 9.59 Å². The quantitative estimate of drug-likeness (QED) is 0.395. The molecule has 3 aromatic heterocycles. The molecule has 4 aromatic rings. The number of likely N-dealkylation sites (N-methyl/N-ethyl adjacent to an activating group) is 1. The second-order valence-corrected chi connectivity index (χ2v) is 9.03. The van der Waals surface area contributed by atoms with Gasteiger partial charge < -0.3 is 10.2 Å². The molecule has 0 fully saturated rings. The van der Waals surface area contributed by atoms with Gasteiger partial charge in [0.25, 0.3) is 5.56 Å². The van der Waals surface area contributed by atoms with Gasteiger partial charge in [0, 0.05) is 18.5 Å². The van der Waals surface area contributed by atoms with Crippen molar-refractivity contribution in [3.8, 4) is 0 Å². The summed E-state index contributed by atoms with van der Waals surface area (Å²) in [7, 11) is 1.64. The lowest BCUT2D eigenvalue weighted by molar-refractivity contribution is -0.133. The predicted octanol–water partition coefficient (Wildman–Crippen LogP) is 1.90. The van der Waals surface area contributed by atoms with E-state index in [-0.39, 0.29) is 29.7 Å². The number of aromatic nitrogens is 4. The second kappa shape index (κ2) is 9.53. The molecule has 3 heterocycles. The number of thiophene rings is 1. The van der Waals surface area contributed by atoms with Gasteiger partial charge in [-0.15, -0.1) is 21.5 Å². The number of nitrogens with zero attached hydrogens (tertiary/aromatic N) is 5. The average Bonchev–Trinajstić information content (AvgIpc) is 3.48.